The zero-order chi connectivity index (χ0) is 32.2. The molecular weight excluding hydrogens is 592 g/mol. The third-order valence-electron chi connectivity index (χ3n) is 7.14. The molecule has 0 unspecified atom stereocenters. The van der Waals surface area contributed by atoms with E-state index >= 15 is 8.78 Å². The van der Waals surface area contributed by atoms with Gasteiger partial charge >= 0.3 is 6.18 Å². The Kier molecular flexibility index (Phi) is 7.83. The summed E-state index contributed by atoms with van der Waals surface area (Å²) in [6.45, 7) is 1.98. The molecule has 1 saturated carbocycles. The Morgan fingerprint density at radius 3 is 2.27 bits per heavy atom. The van der Waals surface area contributed by atoms with Crippen molar-refractivity contribution in [2.75, 3.05) is 6.54 Å². The molecule has 1 atom stereocenters. The topological polar surface area (TPSA) is 105 Å². The maximum atomic E-state index is 15.7. The Bertz CT molecular complexity index is 1750. The maximum absolute atomic E-state index is 15.7. The fourth-order valence-corrected chi connectivity index (χ4v) is 4.69. The molecule has 2 aromatic heterocycles. The number of aromatic nitrogens is 2. The van der Waals surface area contributed by atoms with Gasteiger partial charge in [0.25, 0.3) is 5.91 Å². The van der Waals surface area contributed by atoms with Gasteiger partial charge in [-0.2, -0.15) is 13.2 Å². The number of ether oxygens (including phenoxy) is 1. The zero-order valence-electron chi connectivity index (χ0n) is 23.7. The highest BCUT2D eigenvalue weighted by molar-refractivity contribution is 6.00. The normalized spacial score (nSPS) is 15.2. The van der Waals surface area contributed by atoms with Crippen LogP contribution in [0.3, 0.4) is 0 Å². The number of alkyl halides is 3. The summed E-state index contributed by atoms with van der Waals surface area (Å²) in [5, 5.41) is 24.0. The van der Waals surface area contributed by atoms with E-state index in [1.54, 1.807) is 19.2 Å². The first-order chi connectivity index (χ1) is 20.5. The molecule has 1 amide bonds. The largest absolute Gasteiger partial charge is 0.488 e. The second-order valence-corrected chi connectivity index (χ2v) is 11.3. The Labute approximate surface area is 247 Å². The minimum absolute atomic E-state index is 0.0947. The van der Waals surface area contributed by atoms with Gasteiger partial charge in [0, 0.05) is 22.7 Å². The van der Waals surface area contributed by atoms with Gasteiger partial charge in [0.15, 0.2) is 11.6 Å². The predicted molar refractivity (Wildman–Crippen MR) is 147 cm³/mol. The third kappa shape index (κ3) is 5.93. The standard InChI is InChI=1S/C31H27F6N3O4/c1-15-10-17-11-18(12-21(25(17)38-13-15)44-20-8-9-20)28(41)39-14-30(43,31(35,36)37)27-24(34)22(29(2,3)42)23(33)26(40-27)16-4-6-19(32)7-5-16/h4-7,10-13,20,42-43H,8-9,14H2,1-3H3,(H,39,41)/t30-/m0/s1. The average Bonchev–Trinajstić information content (AvgIpc) is 3.74. The van der Waals surface area contributed by atoms with Crippen LogP contribution >= 0.6 is 0 Å². The number of aliphatic hydroxyl groups is 2. The van der Waals surface area contributed by atoms with Crippen molar-refractivity contribution >= 4 is 16.8 Å². The minimum Gasteiger partial charge on any atom is -0.488 e. The number of benzene rings is 2. The molecular formula is C31H27F6N3O4. The highest BCUT2D eigenvalue weighted by atomic mass is 19.4. The predicted octanol–water partition coefficient (Wildman–Crippen LogP) is 5.97. The van der Waals surface area contributed by atoms with Gasteiger partial charge in [0.05, 0.1) is 23.8 Å². The van der Waals surface area contributed by atoms with Crippen LogP contribution in [0.15, 0.2) is 48.7 Å². The smallest absolute Gasteiger partial charge is 0.424 e. The highest BCUT2D eigenvalue weighted by Gasteiger charge is 2.58. The van der Waals surface area contributed by atoms with Gasteiger partial charge in [-0.15, -0.1) is 0 Å². The summed E-state index contributed by atoms with van der Waals surface area (Å²) in [7, 11) is 0. The van der Waals surface area contributed by atoms with Crippen LogP contribution in [0, 0.1) is 24.4 Å². The first-order valence-corrected chi connectivity index (χ1v) is 13.5. The summed E-state index contributed by atoms with van der Waals surface area (Å²) < 4.78 is 94.3. The number of hydrogen-bond acceptors (Lipinski definition) is 6. The SMILES string of the molecule is Cc1cnc2c(OC3CC3)cc(C(=O)NC[C@](O)(c3nc(-c4ccc(F)cc4)c(F)c(C(C)(C)O)c3F)C(F)(F)F)cc2c1. The first kappa shape index (κ1) is 31.2. The number of nitrogens with zero attached hydrogens (tertiary/aromatic N) is 2. The Hall–Kier alpha value is -4.23. The number of fused-ring (bicyclic) bond motifs is 1. The molecule has 1 fully saturated rings. The van der Waals surface area contributed by atoms with Crippen LogP contribution < -0.4 is 10.1 Å². The van der Waals surface area contributed by atoms with Crippen LogP contribution in [0.25, 0.3) is 22.2 Å². The highest BCUT2D eigenvalue weighted by Crippen LogP contribution is 2.43. The van der Waals surface area contributed by atoms with E-state index in [2.05, 4.69) is 9.97 Å². The van der Waals surface area contributed by atoms with Crippen molar-refractivity contribution in [3.8, 4) is 17.0 Å². The number of halogens is 6. The molecule has 2 aromatic carbocycles. The number of hydrogen-bond donors (Lipinski definition) is 3. The molecule has 1 aliphatic rings. The van der Waals surface area contributed by atoms with Gasteiger partial charge < -0.3 is 20.3 Å². The second-order valence-electron chi connectivity index (χ2n) is 11.3. The summed E-state index contributed by atoms with van der Waals surface area (Å²) >= 11 is 0. The van der Waals surface area contributed by atoms with Crippen molar-refractivity contribution in [1.82, 2.24) is 15.3 Å². The van der Waals surface area contributed by atoms with E-state index < -0.39 is 64.2 Å². The van der Waals surface area contributed by atoms with E-state index in [0.717, 1.165) is 56.5 Å². The van der Waals surface area contributed by atoms with E-state index in [0.29, 0.717) is 10.9 Å². The number of amides is 1. The molecule has 232 valence electrons. The van der Waals surface area contributed by atoms with Gasteiger partial charge in [0.2, 0.25) is 5.60 Å². The van der Waals surface area contributed by atoms with Crippen molar-refractivity contribution in [2.24, 2.45) is 0 Å². The van der Waals surface area contributed by atoms with Crippen molar-refractivity contribution < 1.29 is 46.1 Å². The lowest BCUT2D eigenvalue weighted by Gasteiger charge is -2.32. The minimum atomic E-state index is -5.66. The lowest BCUT2D eigenvalue weighted by Crippen LogP contribution is -2.52. The monoisotopic (exact) mass is 619 g/mol. The molecule has 0 radical (unpaired) electrons. The summed E-state index contributed by atoms with van der Waals surface area (Å²) in [6, 6.07) is 8.12. The molecule has 2 heterocycles. The number of carbonyl (C=O) groups excluding carboxylic acids is 1. The molecule has 3 N–H and O–H groups in total. The van der Waals surface area contributed by atoms with Crippen LogP contribution in [-0.2, 0) is 11.2 Å². The molecule has 0 saturated heterocycles. The number of aryl methyl sites for hydroxylation is 1. The van der Waals surface area contributed by atoms with Crippen molar-refractivity contribution in [1.29, 1.82) is 0 Å². The average molecular weight is 620 g/mol. The van der Waals surface area contributed by atoms with Crippen LogP contribution in [0.2, 0.25) is 0 Å². The molecule has 13 heteroatoms. The molecule has 0 bridgehead atoms. The van der Waals surface area contributed by atoms with Gasteiger partial charge in [-0.25, -0.2) is 18.2 Å². The van der Waals surface area contributed by atoms with Crippen LogP contribution in [-0.4, -0.2) is 44.9 Å². The Balaban J connectivity index is 1.58. The fraction of sp³-hybridized carbons (Fsp3) is 0.323. The van der Waals surface area contributed by atoms with Crippen LogP contribution in [0.5, 0.6) is 5.75 Å². The molecule has 7 nitrogen and oxygen atoms in total. The van der Waals surface area contributed by atoms with Gasteiger partial charge in [-0.1, -0.05) is 0 Å². The Morgan fingerprint density at radius 2 is 1.68 bits per heavy atom. The quantitative estimate of drug-likeness (QED) is 0.210. The lowest BCUT2D eigenvalue weighted by molar-refractivity contribution is -0.266. The summed E-state index contributed by atoms with van der Waals surface area (Å²) in [5.74, 6) is -5.06. The van der Waals surface area contributed by atoms with Crippen molar-refractivity contribution in [3.63, 3.8) is 0 Å². The summed E-state index contributed by atoms with van der Waals surface area (Å²) in [6.07, 6.45) is -2.59. The van der Waals surface area contributed by atoms with Crippen molar-refractivity contribution in [2.45, 2.75) is 57.1 Å². The number of nitrogens with one attached hydrogen (secondary N) is 1. The maximum Gasteiger partial charge on any atom is 0.424 e. The van der Waals surface area contributed by atoms with E-state index in [-0.39, 0.29) is 23.0 Å². The van der Waals surface area contributed by atoms with E-state index in [4.69, 9.17) is 4.74 Å². The van der Waals surface area contributed by atoms with Crippen molar-refractivity contribution in [3.05, 3.63) is 88.5 Å². The molecule has 0 spiro atoms. The van der Waals surface area contributed by atoms with E-state index in [1.807, 2.05) is 5.32 Å². The summed E-state index contributed by atoms with van der Waals surface area (Å²) in [5.41, 5.74) is -9.56. The molecule has 4 aromatic rings. The number of pyridine rings is 2. The number of carbonyl (C=O) groups is 1. The van der Waals surface area contributed by atoms with E-state index in [9.17, 15) is 32.6 Å². The molecule has 0 aliphatic heterocycles. The van der Waals surface area contributed by atoms with Gasteiger partial charge in [-0.05, 0) is 81.6 Å². The second kappa shape index (κ2) is 11.0. The van der Waals surface area contributed by atoms with E-state index in [1.165, 1.54) is 12.1 Å². The zero-order valence-corrected chi connectivity index (χ0v) is 23.7. The molecule has 5 rings (SSSR count). The third-order valence-corrected chi connectivity index (χ3v) is 7.14. The lowest BCUT2D eigenvalue weighted by atomic mass is 9.89. The van der Waals surface area contributed by atoms with Gasteiger partial charge in [-0.3, -0.25) is 9.78 Å². The Morgan fingerprint density at radius 1 is 1.02 bits per heavy atom. The van der Waals surface area contributed by atoms with Crippen LogP contribution in [0.1, 0.15) is 53.9 Å². The first-order valence-electron chi connectivity index (χ1n) is 13.5. The van der Waals surface area contributed by atoms with Crippen LogP contribution in [0.4, 0.5) is 26.3 Å². The molecule has 1 aliphatic carbocycles. The summed E-state index contributed by atoms with van der Waals surface area (Å²) in [4.78, 5) is 21.0. The molecule has 44 heavy (non-hydrogen) atoms. The van der Waals surface area contributed by atoms with Gasteiger partial charge in [0.1, 0.15) is 28.5 Å². The number of rotatable bonds is 8. The fourth-order valence-electron chi connectivity index (χ4n) is 4.69.